The first kappa shape index (κ1) is 7.31. The van der Waals surface area contributed by atoms with E-state index in [4.69, 9.17) is 4.74 Å². The summed E-state index contributed by atoms with van der Waals surface area (Å²) >= 11 is 3.35. The summed E-state index contributed by atoms with van der Waals surface area (Å²) in [5.41, 5.74) is 0. The molecule has 1 fully saturated rings. The van der Waals surface area contributed by atoms with Gasteiger partial charge in [0.15, 0.2) is 4.73 Å². The van der Waals surface area contributed by atoms with Crippen molar-refractivity contribution in [3.8, 4) is 0 Å². The lowest BCUT2D eigenvalue weighted by Gasteiger charge is -2.11. The third-order valence-corrected chi connectivity index (χ3v) is 2.45. The van der Waals surface area contributed by atoms with Crippen LogP contribution in [0.1, 0.15) is 19.1 Å². The van der Waals surface area contributed by atoms with E-state index in [1.165, 1.54) is 0 Å². The smallest absolute Gasteiger partial charge is 0.179 e. The summed E-state index contributed by atoms with van der Waals surface area (Å²) in [6, 6.07) is 0. The van der Waals surface area contributed by atoms with Crippen molar-refractivity contribution in [1.82, 2.24) is 9.55 Å². The zero-order chi connectivity index (χ0) is 7.68. The van der Waals surface area contributed by atoms with Gasteiger partial charge in [-0.05, 0) is 28.8 Å². The van der Waals surface area contributed by atoms with Crippen LogP contribution in [0.5, 0.6) is 0 Å². The number of imidazole rings is 1. The molecule has 0 radical (unpaired) electrons. The van der Waals surface area contributed by atoms with E-state index in [-0.39, 0.29) is 6.23 Å². The van der Waals surface area contributed by atoms with Crippen LogP contribution in [0.2, 0.25) is 0 Å². The van der Waals surface area contributed by atoms with Crippen LogP contribution >= 0.6 is 15.9 Å². The van der Waals surface area contributed by atoms with Crippen LogP contribution in [0, 0.1) is 0 Å². The van der Waals surface area contributed by atoms with Gasteiger partial charge in [-0.1, -0.05) is 0 Å². The molecule has 4 heteroatoms. The normalized spacial score (nSPS) is 24.3. The maximum atomic E-state index is 5.47. The van der Waals surface area contributed by atoms with Gasteiger partial charge in [-0.15, -0.1) is 0 Å². The van der Waals surface area contributed by atoms with Crippen LogP contribution in [0.25, 0.3) is 0 Å². The van der Waals surface area contributed by atoms with Gasteiger partial charge < -0.3 is 4.74 Å². The van der Waals surface area contributed by atoms with E-state index in [2.05, 4.69) is 20.9 Å². The Morgan fingerprint density at radius 2 is 2.64 bits per heavy atom. The van der Waals surface area contributed by atoms with E-state index < -0.39 is 0 Å². The van der Waals surface area contributed by atoms with Crippen molar-refractivity contribution in [1.29, 1.82) is 0 Å². The summed E-state index contributed by atoms with van der Waals surface area (Å²) in [5.74, 6) is 0. The van der Waals surface area contributed by atoms with Gasteiger partial charge in [0.25, 0.3) is 0 Å². The average molecular weight is 217 g/mol. The molecule has 0 spiro atoms. The average Bonchev–Trinajstić information content (AvgIpc) is 2.55. The third kappa shape index (κ3) is 1.32. The molecule has 2 rings (SSSR count). The molecule has 1 aromatic heterocycles. The lowest BCUT2D eigenvalue weighted by molar-refractivity contribution is 0.0548. The summed E-state index contributed by atoms with van der Waals surface area (Å²) < 4.78 is 8.33. The number of hydrogen-bond acceptors (Lipinski definition) is 2. The van der Waals surface area contributed by atoms with E-state index >= 15 is 0 Å². The van der Waals surface area contributed by atoms with Crippen LogP contribution < -0.4 is 0 Å². The van der Waals surface area contributed by atoms with Crippen molar-refractivity contribution in [3.05, 3.63) is 17.1 Å². The van der Waals surface area contributed by atoms with Crippen molar-refractivity contribution in [2.75, 3.05) is 6.61 Å². The first-order valence-electron chi connectivity index (χ1n) is 3.68. The van der Waals surface area contributed by atoms with Gasteiger partial charge in [0.2, 0.25) is 0 Å². The standard InChI is InChI=1S/C7H9BrN2O/c8-7-9-3-4-10(7)6-2-1-5-11-6/h3-4,6H,1-2,5H2. The van der Waals surface area contributed by atoms with Gasteiger partial charge in [0.1, 0.15) is 6.23 Å². The molecule has 0 aromatic carbocycles. The SMILES string of the molecule is Brc1nccn1C1CCCO1. The number of nitrogens with zero attached hydrogens (tertiary/aromatic N) is 2. The lowest BCUT2D eigenvalue weighted by Crippen LogP contribution is -2.05. The molecular formula is C7H9BrN2O. The monoisotopic (exact) mass is 216 g/mol. The quantitative estimate of drug-likeness (QED) is 0.718. The highest BCUT2D eigenvalue weighted by Gasteiger charge is 2.18. The Bertz CT molecular complexity index is 242. The molecule has 1 saturated heterocycles. The number of hydrogen-bond donors (Lipinski definition) is 0. The van der Waals surface area contributed by atoms with Crippen LogP contribution in [-0.4, -0.2) is 16.2 Å². The maximum Gasteiger partial charge on any atom is 0.179 e. The molecule has 0 aliphatic carbocycles. The van der Waals surface area contributed by atoms with E-state index in [1.807, 2.05) is 10.8 Å². The van der Waals surface area contributed by atoms with Gasteiger partial charge in [0.05, 0.1) is 0 Å². The summed E-state index contributed by atoms with van der Waals surface area (Å²) in [5, 5.41) is 0. The molecule has 1 aliphatic rings. The molecule has 3 nitrogen and oxygen atoms in total. The van der Waals surface area contributed by atoms with E-state index in [9.17, 15) is 0 Å². The summed E-state index contributed by atoms with van der Waals surface area (Å²) in [7, 11) is 0. The number of rotatable bonds is 1. The first-order valence-corrected chi connectivity index (χ1v) is 4.47. The number of ether oxygens (including phenoxy) is 1. The van der Waals surface area contributed by atoms with E-state index in [1.54, 1.807) is 6.20 Å². The Morgan fingerprint density at radius 1 is 1.73 bits per heavy atom. The molecule has 0 bridgehead atoms. The van der Waals surface area contributed by atoms with Gasteiger partial charge >= 0.3 is 0 Å². The highest BCUT2D eigenvalue weighted by molar-refractivity contribution is 9.10. The number of aromatic nitrogens is 2. The minimum absolute atomic E-state index is 0.201. The van der Waals surface area contributed by atoms with Gasteiger partial charge in [-0.2, -0.15) is 0 Å². The molecule has 0 amide bonds. The Morgan fingerprint density at radius 3 is 3.18 bits per heavy atom. The molecule has 1 atom stereocenters. The van der Waals surface area contributed by atoms with Crippen LogP contribution in [0.4, 0.5) is 0 Å². The van der Waals surface area contributed by atoms with E-state index in [0.717, 1.165) is 24.2 Å². The zero-order valence-corrected chi connectivity index (χ0v) is 7.62. The Hall–Kier alpha value is -0.350. The molecule has 0 N–H and O–H groups in total. The zero-order valence-electron chi connectivity index (χ0n) is 6.03. The molecular weight excluding hydrogens is 208 g/mol. The van der Waals surface area contributed by atoms with Crippen LogP contribution in [0.15, 0.2) is 17.1 Å². The summed E-state index contributed by atoms with van der Waals surface area (Å²) in [6.45, 7) is 0.870. The van der Waals surface area contributed by atoms with Gasteiger partial charge in [-0.25, -0.2) is 4.98 Å². The highest BCUT2D eigenvalue weighted by atomic mass is 79.9. The molecule has 60 valence electrons. The fourth-order valence-corrected chi connectivity index (χ4v) is 1.75. The Kier molecular flexibility index (Phi) is 1.96. The largest absolute Gasteiger partial charge is 0.358 e. The molecule has 0 saturated carbocycles. The lowest BCUT2D eigenvalue weighted by atomic mass is 10.3. The minimum Gasteiger partial charge on any atom is -0.358 e. The highest BCUT2D eigenvalue weighted by Crippen LogP contribution is 2.25. The second-order valence-corrected chi connectivity index (χ2v) is 3.28. The van der Waals surface area contributed by atoms with Crippen molar-refractivity contribution in [2.45, 2.75) is 19.1 Å². The predicted molar refractivity (Wildman–Crippen MR) is 44.2 cm³/mol. The predicted octanol–water partition coefficient (Wildman–Crippen LogP) is 1.95. The molecule has 2 heterocycles. The third-order valence-electron chi connectivity index (χ3n) is 1.84. The van der Waals surface area contributed by atoms with Crippen molar-refractivity contribution >= 4 is 15.9 Å². The summed E-state index contributed by atoms with van der Waals surface area (Å²) in [6.07, 6.45) is 6.14. The minimum atomic E-state index is 0.201. The van der Waals surface area contributed by atoms with Crippen LogP contribution in [-0.2, 0) is 4.74 Å². The topological polar surface area (TPSA) is 27.1 Å². The second-order valence-electron chi connectivity index (χ2n) is 2.57. The molecule has 1 aliphatic heterocycles. The number of halogens is 1. The molecule has 1 unspecified atom stereocenters. The fraction of sp³-hybridized carbons (Fsp3) is 0.571. The van der Waals surface area contributed by atoms with Gasteiger partial charge in [-0.3, -0.25) is 4.57 Å². The van der Waals surface area contributed by atoms with Crippen molar-refractivity contribution in [3.63, 3.8) is 0 Å². The second kappa shape index (κ2) is 2.95. The maximum absolute atomic E-state index is 5.47. The van der Waals surface area contributed by atoms with Crippen LogP contribution in [0.3, 0.4) is 0 Å². The first-order chi connectivity index (χ1) is 5.38. The fourth-order valence-electron chi connectivity index (χ4n) is 1.29. The van der Waals surface area contributed by atoms with E-state index in [0.29, 0.717) is 0 Å². The Balaban J connectivity index is 2.21. The Labute approximate surface area is 73.5 Å². The summed E-state index contributed by atoms with van der Waals surface area (Å²) in [4.78, 5) is 4.06. The van der Waals surface area contributed by atoms with Crippen molar-refractivity contribution < 1.29 is 4.74 Å². The molecule has 11 heavy (non-hydrogen) atoms. The van der Waals surface area contributed by atoms with Crippen molar-refractivity contribution in [2.24, 2.45) is 0 Å². The van der Waals surface area contributed by atoms with Gasteiger partial charge in [0, 0.05) is 19.0 Å². The molecule has 1 aromatic rings.